The van der Waals surface area contributed by atoms with Crippen LogP contribution in [0.25, 0.3) is 0 Å². The molecule has 3 heteroatoms. The van der Waals surface area contributed by atoms with Crippen LogP contribution >= 0.6 is 0 Å². The first-order valence-electron chi connectivity index (χ1n) is 7.02. The highest BCUT2D eigenvalue weighted by Gasteiger charge is 2.53. The Morgan fingerprint density at radius 2 is 1.79 bits per heavy atom. The number of methoxy groups -OCH3 is 1. The highest BCUT2D eigenvalue weighted by atomic mass is 16.5. The number of aliphatic hydroxyl groups is 1. The third-order valence-electron chi connectivity index (χ3n) is 4.29. The lowest BCUT2D eigenvalue weighted by atomic mass is 9.67. The summed E-state index contributed by atoms with van der Waals surface area (Å²) in [6, 6.07) is 10.2. The van der Waals surface area contributed by atoms with Crippen molar-refractivity contribution in [3.63, 3.8) is 0 Å². The Hall–Kier alpha value is -0.900. The molecule has 0 aromatic heterocycles. The van der Waals surface area contributed by atoms with Crippen LogP contribution in [0.5, 0.6) is 0 Å². The SMILES string of the molecule is COC1(c2ccccc2)CCCCC1(O)CN(C)C. The van der Waals surface area contributed by atoms with Gasteiger partial charge in [0.15, 0.2) is 0 Å². The van der Waals surface area contributed by atoms with Crippen LogP contribution in [-0.2, 0) is 10.3 Å². The second-order valence-corrected chi connectivity index (χ2v) is 5.87. The molecule has 1 aliphatic carbocycles. The van der Waals surface area contributed by atoms with Gasteiger partial charge in [0.05, 0.1) is 0 Å². The topological polar surface area (TPSA) is 32.7 Å². The van der Waals surface area contributed by atoms with Crippen LogP contribution in [0.15, 0.2) is 30.3 Å². The normalized spacial score (nSPS) is 31.6. The Labute approximate surface area is 116 Å². The molecule has 2 rings (SSSR count). The van der Waals surface area contributed by atoms with Crippen molar-refractivity contribution in [2.24, 2.45) is 0 Å². The smallest absolute Gasteiger partial charge is 0.123 e. The molecule has 1 aromatic carbocycles. The molecule has 1 N–H and O–H groups in total. The summed E-state index contributed by atoms with van der Waals surface area (Å²) in [7, 11) is 5.72. The minimum Gasteiger partial charge on any atom is -0.385 e. The molecule has 3 nitrogen and oxygen atoms in total. The van der Waals surface area contributed by atoms with Gasteiger partial charge >= 0.3 is 0 Å². The standard InChI is InChI=1S/C16H25NO2/c1-17(2)13-15(18)11-7-8-12-16(15,19-3)14-9-5-4-6-10-14/h4-6,9-10,18H,7-8,11-13H2,1-3H3. The summed E-state index contributed by atoms with van der Waals surface area (Å²) in [6.07, 6.45) is 3.81. The molecule has 0 aliphatic heterocycles. The molecule has 0 radical (unpaired) electrons. The van der Waals surface area contributed by atoms with Crippen LogP contribution in [0.3, 0.4) is 0 Å². The number of hydrogen-bond acceptors (Lipinski definition) is 3. The lowest BCUT2D eigenvalue weighted by molar-refractivity contribution is -0.204. The molecule has 0 spiro atoms. The van der Waals surface area contributed by atoms with Crippen LogP contribution in [-0.4, -0.2) is 43.4 Å². The van der Waals surface area contributed by atoms with Gasteiger partial charge < -0.3 is 14.7 Å². The first-order valence-corrected chi connectivity index (χ1v) is 7.02. The fourth-order valence-corrected chi connectivity index (χ4v) is 3.49. The number of ether oxygens (including phenoxy) is 1. The fourth-order valence-electron chi connectivity index (χ4n) is 3.49. The molecule has 1 aromatic rings. The largest absolute Gasteiger partial charge is 0.385 e. The van der Waals surface area contributed by atoms with E-state index < -0.39 is 11.2 Å². The molecule has 1 aliphatic rings. The van der Waals surface area contributed by atoms with Gasteiger partial charge in [0.2, 0.25) is 0 Å². The molecule has 0 saturated heterocycles. The van der Waals surface area contributed by atoms with Gasteiger partial charge in [-0.1, -0.05) is 36.8 Å². The molecule has 0 amide bonds. The second kappa shape index (κ2) is 5.61. The Kier molecular flexibility index (Phi) is 4.29. The van der Waals surface area contributed by atoms with E-state index in [9.17, 15) is 5.11 Å². The van der Waals surface area contributed by atoms with E-state index >= 15 is 0 Å². The first-order chi connectivity index (χ1) is 9.04. The summed E-state index contributed by atoms with van der Waals surface area (Å²) < 4.78 is 5.90. The summed E-state index contributed by atoms with van der Waals surface area (Å²) in [5, 5.41) is 11.2. The number of hydrogen-bond donors (Lipinski definition) is 1. The maximum Gasteiger partial charge on any atom is 0.123 e. The van der Waals surface area contributed by atoms with Crippen LogP contribution < -0.4 is 0 Å². The maximum absolute atomic E-state index is 11.2. The van der Waals surface area contributed by atoms with Crippen molar-refractivity contribution < 1.29 is 9.84 Å². The van der Waals surface area contributed by atoms with Crippen LogP contribution in [0, 0.1) is 0 Å². The summed E-state index contributed by atoms with van der Waals surface area (Å²) in [5.74, 6) is 0. The Morgan fingerprint density at radius 3 is 2.37 bits per heavy atom. The number of rotatable bonds is 4. The summed E-state index contributed by atoms with van der Waals surface area (Å²) in [4.78, 5) is 2.04. The molecular weight excluding hydrogens is 238 g/mol. The zero-order chi connectivity index (χ0) is 13.9. The van der Waals surface area contributed by atoms with E-state index in [-0.39, 0.29) is 0 Å². The van der Waals surface area contributed by atoms with Crippen LogP contribution in [0.1, 0.15) is 31.2 Å². The highest BCUT2D eigenvalue weighted by Crippen LogP contribution is 2.47. The van der Waals surface area contributed by atoms with Gasteiger partial charge in [0, 0.05) is 13.7 Å². The Morgan fingerprint density at radius 1 is 1.16 bits per heavy atom. The Bertz CT molecular complexity index is 406. The molecule has 106 valence electrons. The maximum atomic E-state index is 11.2. The molecular formula is C16H25NO2. The highest BCUT2D eigenvalue weighted by molar-refractivity contribution is 5.28. The van der Waals surface area contributed by atoms with Gasteiger partial charge in [0.1, 0.15) is 11.2 Å². The molecule has 0 bridgehead atoms. The van der Waals surface area contributed by atoms with E-state index in [4.69, 9.17) is 4.74 Å². The zero-order valence-electron chi connectivity index (χ0n) is 12.2. The summed E-state index contributed by atoms with van der Waals surface area (Å²) >= 11 is 0. The van der Waals surface area contributed by atoms with Crippen molar-refractivity contribution in [3.8, 4) is 0 Å². The fraction of sp³-hybridized carbons (Fsp3) is 0.625. The van der Waals surface area contributed by atoms with Crippen molar-refractivity contribution in [2.45, 2.75) is 36.9 Å². The number of benzene rings is 1. The van der Waals surface area contributed by atoms with E-state index in [1.54, 1.807) is 7.11 Å². The molecule has 1 saturated carbocycles. The quantitative estimate of drug-likeness (QED) is 0.905. The first kappa shape index (κ1) is 14.5. The van der Waals surface area contributed by atoms with Gasteiger partial charge in [-0.25, -0.2) is 0 Å². The average Bonchev–Trinajstić information content (AvgIpc) is 2.39. The van der Waals surface area contributed by atoms with Crippen LogP contribution in [0.4, 0.5) is 0 Å². The summed E-state index contributed by atoms with van der Waals surface area (Å²) in [5.41, 5.74) is -0.330. The van der Waals surface area contributed by atoms with E-state index in [0.717, 1.165) is 31.2 Å². The van der Waals surface area contributed by atoms with Gasteiger partial charge in [-0.3, -0.25) is 0 Å². The van der Waals surface area contributed by atoms with Gasteiger partial charge in [-0.05, 0) is 38.9 Å². The second-order valence-electron chi connectivity index (χ2n) is 5.87. The van der Waals surface area contributed by atoms with E-state index in [2.05, 4.69) is 12.1 Å². The third kappa shape index (κ3) is 2.55. The predicted octanol–water partition coefficient (Wildman–Crippen LogP) is 2.40. The van der Waals surface area contributed by atoms with Gasteiger partial charge in [-0.15, -0.1) is 0 Å². The van der Waals surface area contributed by atoms with Crippen molar-refractivity contribution in [3.05, 3.63) is 35.9 Å². The molecule has 2 atom stereocenters. The van der Waals surface area contributed by atoms with Gasteiger partial charge in [0.25, 0.3) is 0 Å². The van der Waals surface area contributed by atoms with E-state index in [1.807, 2.05) is 37.2 Å². The van der Waals surface area contributed by atoms with Gasteiger partial charge in [-0.2, -0.15) is 0 Å². The molecule has 0 heterocycles. The average molecular weight is 263 g/mol. The molecule has 19 heavy (non-hydrogen) atoms. The monoisotopic (exact) mass is 263 g/mol. The van der Waals surface area contributed by atoms with Crippen LogP contribution in [0.2, 0.25) is 0 Å². The van der Waals surface area contributed by atoms with Crippen molar-refractivity contribution in [1.29, 1.82) is 0 Å². The Balaban J connectivity index is 2.44. The van der Waals surface area contributed by atoms with Crippen molar-refractivity contribution in [2.75, 3.05) is 27.7 Å². The van der Waals surface area contributed by atoms with Crippen molar-refractivity contribution >= 4 is 0 Å². The predicted molar refractivity (Wildman–Crippen MR) is 77.1 cm³/mol. The minimum atomic E-state index is -0.829. The molecule has 1 fully saturated rings. The lowest BCUT2D eigenvalue weighted by Gasteiger charge is -2.50. The zero-order valence-corrected chi connectivity index (χ0v) is 12.2. The third-order valence-corrected chi connectivity index (χ3v) is 4.29. The lowest BCUT2D eigenvalue weighted by Crippen LogP contribution is -2.59. The minimum absolute atomic E-state index is 0.587. The summed E-state index contributed by atoms with van der Waals surface area (Å²) in [6.45, 7) is 0.621. The van der Waals surface area contributed by atoms with Crippen molar-refractivity contribution in [1.82, 2.24) is 4.90 Å². The van der Waals surface area contributed by atoms with E-state index in [0.29, 0.717) is 6.54 Å². The number of likely N-dealkylation sites (N-methyl/N-ethyl adjacent to an activating group) is 1. The molecule has 2 unspecified atom stereocenters. The van der Waals surface area contributed by atoms with E-state index in [1.165, 1.54) is 0 Å². The number of nitrogens with zero attached hydrogens (tertiary/aromatic N) is 1.